The van der Waals surface area contributed by atoms with Crippen molar-refractivity contribution in [1.82, 2.24) is 0 Å². The third-order valence-electron chi connectivity index (χ3n) is 2.40. The quantitative estimate of drug-likeness (QED) is 0.376. The predicted molar refractivity (Wildman–Crippen MR) is 68.3 cm³/mol. The van der Waals surface area contributed by atoms with Gasteiger partial charge < -0.3 is 15.4 Å². The van der Waals surface area contributed by atoms with E-state index in [1.165, 1.54) is 6.66 Å². The molecule has 0 bridgehead atoms. The summed E-state index contributed by atoms with van der Waals surface area (Å²) in [5.74, 6) is -0.477. The molecular weight excluding hydrogens is 241 g/mol. The molecule has 0 saturated heterocycles. The maximum atomic E-state index is 11.4. The Morgan fingerprint density at radius 1 is 1.41 bits per heavy atom. The molecule has 0 aliphatic heterocycles. The summed E-state index contributed by atoms with van der Waals surface area (Å²) in [6, 6.07) is -0.790. The van der Waals surface area contributed by atoms with Gasteiger partial charge in [-0.25, -0.2) is 0 Å². The summed E-state index contributed by atoms with van der Waals surface area (Å²) >= 11 is 0. The van der Waals surface area contributed by atoms with E-state index in [0.29, 0.717) is 6.61 Å². The molecule has 0 amide bonds. The lowest BCUT2D eigenvalue weighted by molar-refractivity contribution is -0.145. The molecule has 0 aromatic carbocycles. The molecule has 102 valence electrons. The van der Waals surface area contributed by atoms with E-state index in [0.717, 1.165) is 25.7 Å². The number of nitrogens with two attached hydrogens (primary N) is 1. The van der Waals surface area contributed by atoms with Crippen molar-refractivity contribution < 1.29 is 19.0 Å². The average Bonchev–Trinajstić information content (AvgIpc) is 2.24. The van der Waals surface area contributed by atoms with Gasteiger partial charge in [-0.1, -0.05) is 26.2 Å². The van der Waals surface area contributed by atoms with Crippen molar-refractivity contribution in [3.8, 4) is 0 Å². The van der Waals surface area contributed by atoms with E-state index in [-0.39, 0.29) is 12.6 Å². The Bertz CT molecular complexity index is 264. The number of carbonyl (C=O) groups is 1. The molecule has 2 atom stereocenters. The van der Waals surface area contributed by atoms with Crippen molar-refractivity contribution in [2.45, 2.75) is 45.1 Å². The number of hydrogen-bond acceptors (Lipinski definition) is 4. The number of unbranched alkanes of at least 4 members (excludes halogenated alkanes) is 3. The minimum atomic E-state index is -3.09. The molecule has 0 aromatic heterocycles. The molecular formula is C11H24NO4P. The number of hydrogen-bond donors (Lipinski definition) is 2. The van der Waals surface area contributed by atoms with Crippen molar-refractivity contribution in [2.24, 2.45) is 5.73 Å². The van der Waals surface area contributed by atoms with Crippen LogP contribution in [0.1, 0.15) is 39.0 Å². The molecule has 6 heteroatoms. The highest BCUT2D eigenvalue weighted by molar-refractivity contribution is 7.57. The molecule has 3 N–H and O–H groups in total. The van der Waals surface area contributed by atoms with E-state index in [1.54, 1.807) is 0 Å². The monoisotopic (exact) mass is 265 g/mol. The lowest BCUT2D eigenvalue weighted by Crippen LogP contribution is -2.33. The Morgan fingerprint density at radius 3 is 2.59 bits per heavy atom. The smallest absolute Gasteiger partial charge is 0.322 e. The van der Waals surface area contributed by atoms with E-state index in [1.807, 2.05) is 0 Å². The van der Waals surface area contributed by atoms with E-state index < -0.39 is 19.4 Å². The molecule has 0 radical (unpaired) electrons. The van der Waals surface area contributed by atoms with Crippen LogP contribution in [-0.2, 0) is 14.1 Å². The first-order chi connectivity index (χ1) is 7.87. The first kappa shape index (κ1) is 16.6. The zero-order valence-electron chi connectivity index (χ0n) is 10.7. The molecule has 17 heavy (non-hydrogen) atoms. The summed E-state index contributed by atoms with van der Waals surface area (Å²) in [4.78, 5) is 20.4. The minimum absolute atomic E-state index is 0.0547. The van der Waals surface area contributed by atoms with Crippen LogP contribution in [-0.4, -0.2) is 36.3 Å². The Labute approximate surface area is 103 Å². The molecule has 2 unspecified atom stereocenters. The fraction of sp³-hybridized carbons (Fsp3) is 0.909. The molecule has 0 aliphatic rings. The zero-order chi connectivity index (χ0) is 13.3. The fourth-order valence-corrected chi connectivity index (χ4v) is 2.06. The van der Waals surface area contributed by atoms with Gasteiger partial charge in [0.25, 0.3) is 0 Å². The van der Waals surface area contributed by atoms with E-state index in [9.17, 15) is 9.36 Å². The van der Waals surface area contributed by atoms with Gasteiger partial charge in [-0.3, -0.25) is 9.36 Å². The Kier molecular flexibility index (Phi) is 8.48. The van der Waals surface area contributed by atoms with Crippen LogP contribution in [0.2, 0.25) is 0 Å². The summed E-state index contributed by atoms with van der Waals surface area (Å²) in [5.41, 5.74) is 5.56. The molecule has 5 nitrogen and oxygen atoms in total. The van der Waals surface area contributed by atoms with E-state index >= 15 is 0 Å². The Hall–Kier alpha value is -0.380. The van der Waals surface area contributed by atoms with Crippen LogP contribution < -0.4 is 5.73 Å². The first-order valence-corrected chi connectivity index (χ1v) is 8.37. The summed E-state index contributed by atoms with van der Waals surface area (Å²) in [5, 5.41) is 0. The van der Waals surface area contributed by atoms with Crippen LogP contribution in [0, 0.1) is 0 Å². The van der Waals surface area contributed by atoms with E-state index in [4.69, 9.17) is 15.4 Å². The predicted octanol–water partition coefficient (Wildman–Crippen LogP) is 1.73. The van der Waals surface area contributed by atoms with Gasteiger partial charge in [0.05, 0.1) is 6.61 Å². The number of ether oxygens (including phenoxy) is 1. The average molecular weight is 265 g/mol. The Balaban J connectivity index is 3.64. The third-order valence-corrected chi connectivity index (χ3v) is 3.49. The number of esters is 1. The topological polar surface area (TPSA) is 89.6 Å². The van der Waals surface area contributed by atoms with E-state index in [2.05, 4.69) is 6.92 Å². The summed E-state index contributed by atoms with van der Waals surface area (Å²) in [6.07, 6.45) is 4.40. The van der Waals surface area contributed by atoms with Gasteiger partial charge in [-0.05, 0) is 12.8 Å². The third kappa shape index (κ3) is 10.5. The lowest BCUT2D eigenvalue weighted by Gasteiger charge is -2.12. The van der Waals surface area contributed by atoms with Crippen LogP contribution in [0.4, 0.5) is 0 Å². The number of carbonyl (C=O) groups excluding carboxylic acids is 1. The van der Waals surface area contributed by atoms with Crippen LogP contribution in [0.25, 0.3) is 0 Å². The Morgan fingerprint density at radius 2 is 2.06 bits per heavy atom. The van der Waals surface area contributed by atoms with Gasteiger partial charge in [0.2, 0.25) is 0 Å². The van der Waals surface area contributed by atoms with Gasteiger partial charge in [0.15, 0.2) is 7.37 Å². The maximum Gasteiger partial charge on any atom is 0.322 e. The van der Waals surface area contributed by atoms with Crippen LogP contribution in [0.3, 0.4) is 0 Å². The van der Waals surface area contributed by atoms with Crippen LogP contribution in [0.5, 0.6) is 0 Å². The van der Waals surface area contributed by atoms with Crippen LogP contribution in [0.15, 0.2) is 0 Å². The first-order valence-electron chi connectivity index (χ1n) is 6.08. The second kappa shape index (κ2) is 8.67. The SMILES string of the molecule is CCCCCCOC(=O)C(N)CCP(C)(=O)O. The summed E-state index contributed by atoms with van der Waals surface area (Å²) in [7, 11) is -3.09. The largest absolute Gasteiger partial charge is 0.465 e. The highest BCUT2D eigenvalue weighted by Crippen LogP contribution is 2.35. The number of rotatable bonds is 9. The zero-order valence-corrected chi connectivity index (χ0v) is 11.6. The van der Waals surface area contributed by atoms with Gasteiger partial charge in [-0.15, -0.1) is 0 Å². The molecule has 0 heterocycles. The highest BCUT2D eigenvalue weighted by Gasteiger charge is 2.19. The van der Waals surface area contributed by atoms with Gasteiger partial charge in [0, 0.05) is 12.8 Å². The minimum Gasteiger partial charge on any atom is -0.465 e. The molecule has 0 fully saturated rings. The standard InChI is InChI=1S/C11H24NO4P/c1-3-4-5-6-8-16-11(13)10(12)7-9-17(2,14)15/h10H,3-9,12H2,1-2H3,(H,14,15). The molecule has 0 aromatic rings. The normalized spacial score (nSPS) is 16.2. The maximum absolute atomic E-state index is 11.4. The summed E-state index contributed by atoms with van der Waals surface area (Å²) < 4.78 is 16.0. The second-order valence-corrected chi connectivity index (χ2v) is 6.95. The highest BCUT2D eigenvalue weighted by atomic mass is 31.2. The fourth-order valence-electron chi connectivity index (χ4n) is 1.31. The molecule has 0 spiro atoms. The van der Waals surface area contributed by atoms with Gasteiger partial charge in [0.1, 0.15) is 6.04 Å². The van der Waals surface area contributed by atoms with Gasteiger partial charge >= 0.3 is 5.97 Å². The van der Waals surface area contributed by atoms with Crippen molar-refractivity contribution in [3.05, 3.63) is 0 Å². The second-order valence-electron chi connectivity index (χ2n) is 4.40. The van der Waals surface area contributed by atoms with Crippen molar-refractivity contribution in [2.75, 3.05) is 19.4 Å². The van der Waals surface area contributed by atoms with Crippen molar-refractivity contribution in [1.29, 1.82) is 0 Å². The van der Waals surface area contributed by atoms with Crippen molar-refractivity contribution in [3.63, 3.8) is 0 Å². The van der Waals surface area contributed by atoms with Crippen molar-refractivity contribution >= 4 is 13.3 Å². The summed E-state index contributed by atoms with van der Waals surface area (Å²) in [6.45, 7) is 3.76. The lowest BCUT2D eigenvalue weighted by atomic mass is 10.2. The van der Waals surface area contributed by atoms with Crippen LogP contribution >= 0.6 is 7.37 Å². The van der Waals surface area contributed by atoms with Gasteiger partial charge in [-0.2, -0.15) is 0 Å². The molecule has 0 aliphatic carbocycles. The molecule has 0 rings (SSSR count). The molecule has 0 saturated carbocycles.